The summed E-state index contributed by atoms with van der Waals surface area (Å²) in [6.07, 6.45) is 4.80. The number of rotatable bonds is 5. The lowest BCUT2D eigenvalue weighted by Crippen LogP contribution is -2.54. The molecule has 0 unspecified atom stereocenters. The number of hydrogen-bond acceptors (Lipinski definition) is 4. The molecule has 1 aliphatic carbocycles. The standard InChI is InChI=1S/C16H27N3O/c1-13-5-4-6-14(18-13)11-19(2)16(12-17)9-7-15(20-3)8-10-16/h4-6,15H,7-12,17H2,1-3H3. The number of likely N-dealkylation sites (N-methyl/N-ethyl adjacent to an activating group) is 1. The average Bonchev–Trinajstić information content (AvgIpc) is 2.47. The molecule has 0 atom stereocenters. The van der Waals surface area contributed by atoms with Gasteiger partial charge in [0.2, 0.25) is 0 Å². The lowest BCUT2D eigenvalue weighted by Gasteiger charge is -2.45. The number of aryl methyl sites for hydroxylation is 1. The molecule has 20 heavy (non-hydrogen) atoms. The summed E-state index contributed by atoms with van der Waals surface area (Å²) in [5, 5.41) is 0. The van der Waals surface area contributed by atoms with E-state index in [1.54, 1.807) is 7.11 Å². The maximum atomic E-state index is 6.11. The second kappa shape index (κ2) is 6.66. The molecular weight excluding hydrogens is 250 g/mol. The van der Waals surface area contributed by atoms with Crippen LogP contribution >= 0.6 is 0 Å². The van der Waals surface area contributed by atoms with Crippen LogP contribution in [0.4, 0.5) is 0 Å². The molecule has 0 saturated heterocycles. The smallest absolute Gasteiger partial charge is 0.0572 e. The van der Waals surface area contributed by atoms with Gasteiger partial charge in [-0.2, -0.15) is 0 Å². The molecule has 2 N–H and O–H groups in total. The summed E-state index contributed by atoms with van der Waals surface area (Å²) in [7, 11) is 3.98. The van der Waals surface area contributed by atoms with Crippen molar-refractivity contribution in [1.82, 2.24) is 9.88 Å². The maximum Gasteiger partial charge on any atom is 0.0572 e. The minimum absolute atomic E-state index is 0.0977. The predicted molar refractivity (Wildman–Crippen MR) is 81.5 cm³/mol. The van der Waals surface area contributed by atoms with E-state index >= 15 is 0 Å². The van der Waals surface area contributed by atoms with Crippen molar-refractivity contribution < 1.29 is 4.74 Å². The number of ether oxygens (including phenoxy) is 1. The maximum absolute atomic E-state index is 6.11. The Morgan fingerprint density at radius 1 is 1.40 bits per heavy atom. The quantitative estimate of drug-likeness (QED) is 0.895. The number of hydrogen-bond donors (Lipinski definition) is 1. The summed E-state index contributed by atoms with van der Waals surface area (Å²) in [5.74, 6) is 0. The van der Waals surface area contributed by atoms with Crippen LogP contribution < -0.4 is 5.73 Å². The Hall–Kier alpha value is -0.970. The van der Waals surface area contributed by atoms with Gasteiger partial charge in [-0.05, 0) is 51.8 Å². The van der Waals surface area contributed by atoms with Crippen LogP contribution in [0.2, 0.25) is 0 Å². The monoisotopic (exact) mass is 277 g/mol. The molecule has 0 aliphatic heterocycles. The fraction of sp³-hybridized carbons (Fsp3) is 0.688. The molecule has 1 saturated carbocycles. The van der Waals surface area contributed by atoms with Crippen molar-refractivity contribution in [2.24, 2.45) is 5.73 Å². The first kappa shape index (κ1) is 15.4. The van der Waals surface area contributed by atoms with Crippen molar-refractivity contribution in [1.29, 1.82) is 0 Å². The van der Waals surface area contributed by atoms with Gasteiger partial charge in [-0.3, -0.25) is 9.88 Å². The largest absolute Gasteiger partial charge is 0.381 e. The molecular formula is C16H27N3O. The molecule has 4 heteroatoms. The summed E-state index contributed by atoms with van der Waals surface area (Å²) >= 11 is 0. The molecule has 1 aliphatic rings. The van der Waals surface area contributed by atoms with E-state index in [0.29, 0.717) is 12.6 Å². The Bertz CT molecular complexity index is 427. The van der Waals surface area contributed by atoms with Crippen molar-refractivity contribution in [2.75, 3.05) is 20.7 Å². The van der Waals surface area contributed by atoms with E-state index in [-0.39, 0.29) is 5.54 Å². The summed E-state index contributed by atoms with van der Waals surface area (Å²) in [6, 6.07) is 6.20. The third-order valence-electron chi connectivity index (χ3n) is 4.73. The van der Waals surface area contributed by atoms with Crippen LogP contribution in [0.15, 0.2) is 18.2 Å². The summed E-state index contributed by atoms with van der Waals surface area (Å²) in [5.41, 5.74) is 8.39. The van der Waals surface area contributed by atoms with Crippen molar-refractivity contribution in [3.8, 4) is 0 Å². The van der Waals surface area contributed by atoms with E-state index in [1.807, 2.05) is 13.0 Å². The zero-order valence-corrected chi connectivity index (χ0v) is 12.9. The van der Waals surface area contributed by atoms with Gasteiger partial charge < -0.3 is 10.5 Å². The molecule has 112 valence electrons. The summed E-state index contributed by atoms with van der Waals surface area (Å²) < 4.78 is 5.47. The van der Waals surface area contributed by atoms with Crippen molar-refractivity contribution >= 4 is 0 Å². The average molecular weight is 277 g/mol. The number of nitrogens with two attached hydrogens (primary N) is 1. The fourth-order valence-electron chi connectivity index (χ4n) is 3.20. The predicted octanol–water partition coefficient (Wildman–Crippen LogP) is 2.11. The molecule has 1 fully saturated rings. The van der Waals surface area contributed by atoms with Crippen LogP contribution in [0.25, 0.3) is 0 Å². The molecule has 1 aromatic rings. The van der Waals surface area contributed by atoms with Crippen molar-refractivity contribution in [3.05, 3.63) is 29.6 Å². The topological polar surface area (TPSA) is 51.4 Å². The third-order valence-corrected chi connectivity index (χ3v) is 4.73. The normalized spacial score (nSPS) is 26.9. The summed E-state index contributed by atoms with van der Waals surface area (Å²) in [4.78, 5) is 6.99. The fourth-order valence-corrected chi connectivity index (χ4v) is 3.20. The first-order valence-electron chi connectivity index (χ1n) is 7.46. The van der Waals surface area contributed by atoms with Crippen LogP contribution in [0, 0.1) is 6.92 Å². The Morgan fingerprint density at radius 3 is 2.65 bits per heavy atom. The zero-order valence-electron chi connectivity index (χ0n) is 12.9. The molecule has 1 aromatic heterocycles. The molecule has 0 amide bonds. The van der Waals surface area contributed by atoms with Gasteiger partial charge in [-0.25, -0.2) is 0 Å². The lowest BCUT2D eigenvalue weighted by atomic mass is 9.79. The van der Waals surface area contributed by atoms with Crippen molar-refractivity contribution in [3.63, 3.8) is 0 Å². The summed E-state index contributed by atoms with van der Waals surface area (Å²) in [6.45, 7) is 3.59. The number of aromatic nitrogens is 1. The molecule has 2 rings (SSSR count). The van der Waals surface area contributed by atoms with E-state index in [4.69, 9.17) is 10.5 Å². The third kappa shape index (κ3) is 3.37. The molecule has 0 spiro atoms. The Balaban J connectivity index is 2.04. The zero-order chi connectivity index (χ0) is 14.6. The van der Waals surface area contributed by atoms with Crippen LogP contribution in [-0.4, -0.2) is 42.2 Å². The first-order chi connectivity index (χ1) is 9.59. The van der Waals surface area contributed by atoms with Gasteiger partial charge in [0.1, 0.15) is 0 Å². The molecule has 0 radical (unpaired) electrons. The Kier molecular flexibility index (Phi) is 5.13. The second-order valence-corrected chi connectivity index (χ2v) is 5.99. The molecule has 0 bridgehead atoms. The van der Waals surface area contributed by atoms with Gasteiger partial charge in [0, 0.05) is 31.4 Å². The highest BCUT2D eigenvalue weighted by Gasteiger charge is 2.37. The molecule has 4 nitrogen and oxygen atoms in total. The highest BCUT2D eigenvalue weighted by atomic mass is 16.5. The van der Waals surface area contributed by atoms with Crippen LogP contribution in [-0.2, 0) is 11.3 Å². The van der Waals surface area contributed by atoms with Crippen LogP contribution in [0.5, 0.6) is 0 Å². The number of methoxy groups -OCH3 is 1. The Morgan fingerprint density at radius 2 is 2.10 bits per heavy atom. The van der Waals surface area contributed by atoms with Gasteiger partial charge in [0.25, 0.3) is 0 Å². The van der Waals surface area contributed by atoms with E-state index in [2.05, 4.69) is 29.1 Å². The first-order valence-corrected chi connectivity index (χ1v) is 7.46. The van der Waals surface area contributed by atoms with Gasteiger partial charge in [0.05, 0.1) is 11.8 Å². The van der Waals surface area contributed by atoms with Gasteiger partial charge in [-0.15, -0.1) is 0 Å². The van der Waals surface area contributed by atoms with Gasteiger partial charge in [0.15, 0.2) is 0 Å². The van der Waals surface area contributed by atoms with Gasteiger partial charge >= 0.3 is 0 Å². The highest BCUT2D eigenvalue weighted by molar-refractivity contribution is 5.10. The van der Waals surface area contributed by atoms with E-state index in [1.165, 1.54) is 0 Å². The van der Waals surface area contributed by atoms with E-state index in [9.17, 15) is 0 Å². The van der Waals surface area contributed by atoms with Crippen LogP contribution in [0.3, 0.4) is 0 Å². The number of pyridine rings is 1. The number of nitrogens with zero attached hydrogens (tertiary/aromatic N) is 2. The molecule has 1 heterocycles. The van der Waals surface area contributed by atoms with Crippen molar-refractivity contribution in [2.45, 2.75) is 50.8 Å². The van der Waals surface area contributed by atoms with E-state index in [0.717, 1.165) is 43.6 Å². The van der Waals surface area contributed by atoms with Crippen LogP contribution in [0.1, 0.15) is 37.1 Å². The minimum Gasteiger partial charge on any atom is -0.381 e. The SMILES string of the molecule is COC1CCC(CN)(N(C)Cc2cccc(C)n2)CC1. The molecule has 0 aromatic carbocycles. The Labute approximate surface area is 122 Å². The van der Waals surface area contributed by atoms with E-state index < -0.39 is 0 Å². The van der Waals surface area contributed by atoms with Gasteiger partial charge in [-0.1, -0.05) is 6.07 Å². The minimum atomic E-state index is 0.0977. The lowest BCUT2D eigenvalue weighted by molar-refractivity contribution is 0.0000993. The highest BCUT2D eigenvalue weighted by Crippen LogP contribution is 2.34. The second-order valence-electron chi connectivity index (χ2n) is 5.99.